The number of amides is 1. The maximum absolute atomic E-state index is 13.8. The lowest BCUT2D eigenvalue weighted by atomic mass is 9.68. The van der Waals surface area contributed by atoms with E-state index in [1.807, 2.05) is 13.8 Å². The van der Waals surface area contributed by atoms with Gasteiger partial charge in [0.2, 0.25) is 0 Å². The topological polar surface area (TPSA) is 43.1 Å². The minimum atomic E-state index is -1.83. The number of halogens is 1. The molecule has 1 aliphatic rings. The maximum atomic E-state index is 13.8. The second kappa shape index (κ2) is 2.82. The quantitative estimate of drug-likeness (QED) is 0.623. The van der Waals surface area contributed by atoms with Crippen LogP contribution in [-0.4, -0.2) is 11.6 Å². The van der Waals surface area contributed by atoms with Gasteiger partial charge in [-0.15, -0.1) is 0 Å². The molecule has 0 spiro atoms. The van der Waals surface area contributed by atoms with Crippen LogP contribution in [0, 0.1) is 5.41 Å². The Kier molecular flexibility index (Phi) is 2.22. The predicted molar refractivity (Wildman–Crippen MR) is 49.8 cm³/mol. The van der Waals surface area contributed by atoms with Crippen LogP contribution in [0.5, 0.6) is 0 Å². The number of nitrogens with two attached hydrogens (primary N) is 1. The summed E-state index contributed by atoms with van der Waals surface area (Å²) in [5, 5.41) is 0. The average Bonchev–Trinajstić information content (AvgIpc) is 1.96. The van der Waals surface area contributed by atoms with E-state index in [0.29, 0.717) is 6.42 Å². The van der Waals surface area contributed by atoms with Crippen LogP contribution in [0.3, 0.4) is 0 Å². The van der Waals surface area contributed by atoms with Gasteiger partial charge in [0.1, 0.15) is 0 Å². The standard InChI is InChI=1S/C10H16FNO/c1-7-4-5-10(11,8(12)13)6-9(7,2)3/h1,4-6H2,2-3H3,(H2,12,13)/t10-/m0/s1. The molecule has 0 saturated heterocycles. The molecule has 0 aliphatic heterocycles. The number of carbonyl (C=O) groups excluding carboxylic acids is 1. The first-order valence-electron chi connectivity index (χ1n) is 4.45. The molecule has 0 heterocycles. The molecule has 0 unspecified atom stereocenters. The van der Waals surface area contributed by atoms with Gasteiger partial charge in [0.15, 0.2) is 5.67 Å². The van der Waals surface area contributed by atoms with Crippen molar-refractivity contribution in [3.05, 3.63) is 12.2 Å². The highest BCUT2D eigenvalue weighted by Crippen LogP contribution is 2.45. The number of rotatable bonds is 1. The summed E-state index contributed by atoms with van der Waals surface area (Å²) in [6.07, 6.45) is 0.894. The maximum Gasteiger partial charge on any atom is 0.255 e. The molecule has 74 valence electrons. The van der Waals surface area contributed by atoms with Crippen molar-refractivity contribution in [1.29, 1.82) is 0 Å². The summed E-state index contributed by atoms with van der Waals surface area (Å²) < 4.78 is 13.8. The molecule has 1 amide bonds. The van der Waals surface area contributed by atoms with E-state index in [4.69, 9.17) is 5.73 Å². The van der Waals surface area contributed by atoms with Crippen molar-refractivity contribution in [2.45, 2.75) is 38.8 Å². The van der Waals surface area contributed by atoms with Crippen molar-refractivity contribution in [2.24, 2.45) is 11.1 Å². The summed E-state index contributed by atoms with van der Waals surface area (Å²) in [6, 6.07) is 0. The molecular formula is C10H16FNO. The Balaban J connectivity index is 2.88. The number of primary amides is 1. The van der Waals surface area contributed by atoms with Gasteiger partial charge in [0.05, 0.1) is 0 Å². The Labute approximate surface area is 78.0 Å². The second-order valence-corrected chi connectivity index (χ2v) is 4.49. The first-order valence-corrected chi connectivity index (χ1v) is 4.45. The number of hydrogen-bond donors (Lipinski definition) is 1. The fourth-order valence-electron chi connectivity index (χ4n) is 1.81. The van der Waals surface area contributed by atoms with E-state index < -0.39 is 11.6 Å². The summed E-state index contributed by atoms with van der Waals surface area (Å²) in [6.45, 7) is 7.66. The van der Waals surface area contributed by atoms with E-state index in [-0.39, 0.29) is 18.3 Å². The van der Waals surface area contributed by atoms with Crippen molar-refractivity contribution in [2.75, 3.05) is 0 Å². The third-order valence-corrected chi connectivity index (χ3v) is 2.94. The molecule has 1 atom stereocenters. The van der Waals surface area contributed by atoms with E-state index in [0.717, 1.165) is 5.57 Å². The van der Waals surface area contributed by atoms with Crippen LogP contribution >= 0.6 is 0 Å². The van der Waals surface area contributed by atoms with Gasteiger partial charge in [0.25, 0.3) is 5.91 Å². The molecule has 2 nitrogen and oxygen atoms in total. The van der Waals surface area contributed by atoms with Crippen LogP contribution < -0.4 is 5.73 Å². The first-order chi connectivity index (χ1) is 5.78. The van der Waals surface area contributed by atoms with Gasteiger partial charge < -0.3 is 5.73 Å². The Bertz CT molecular complexity index is 260. The smallest absolute Gasteiger partial charge is 0.255 e. The summed E-state index contributed by atoms with van der Waals surface area (Å²) in [7, 11) is 0. The highest BCUT2D eigenvalue weighted by atomic mass is 19.1. The molecule has 2 N–H and O–H groups in total. The highest BCUT2D eigenvalue weighted by Gasteiger charge is 2.46. The van der Waals surface area contributed by atoms with Gasteiger partial charge >= 0.3 is 0 Å². The fraction of sp³-hybridized carbons (Fsp3) is 0.700. The zero-order valence-corrected chi connectivity index (χ0v) is 8.19. The molecule has 13 heavy (non-hydrogen) atoms. The molecule has 1 rings (SSSR count). The summed E-state index contributed by atoms with van der Waals surface area (Å²) in [4.78, 5) is 10.9. The Hall–Kier alpha value is -0.860. The average molecular weight is 185 g/mol. The lowest BCUT2D eigenvalue weighted by Crippen LogP contribution is -2.46. The van der Waals surface area contributed by atoms with E-state index in [1.165, 1.54) is 0 Å². The molecular weight excluding hydrogens is 169 g/mol. The molecule has 1 fully saturated rings. The van der Waals surface area contributed by atoms with Gasteiger partial charge in [-0.1, -0.05) is 26.0 Å². The fourth-order valence-corrected chi connectivity index (χ4v) is 1.81. The van der Waals surface area contributed by atoms with Crippen molar-refractivity contribution < 1.29 is 9.18 Å². The summed E-state index contributed by atoms with van der Waals surface area (Å²) in [5.74, 6) is -0.840. The van der Waals surface area contributed by atoms with Gasteiger partial charge in [-0.3, -0.25) is 4.79 Å². The van der Waals surface area contributed by atoms with Crippen LogP contribution in [-0.2, 0) is 4.79 Å². The Morgan fingerprint density at radius 1 is 1.62 bits per heavy atom. The number of alkyl halides is 1. The molecule has 0 aromatic heterocycles. The van der Waals surface area contributed by atoms with E-state index in [2.05, 4.69) is 6.58 Å². The van der Waals surface area contributed by atoms with Crippen molar-refractivity contribution in [3.63, 3.8) is 0 Å². The zero-order valence-electron chi connectivity index (χ0n) is 8.19. The normalized spacial score (nSPS) is 33.0. The third-order valence-electron chi connectivity index (χ3n) is 2.94. The molecule has 0 radical (unpaired) electrons. The molecule has 0 aromatic rings. The first kappa shape index (κ1) is 10.2. The van der Waals surface area contributed by atoms with E-state index in [1.54, 1.807) is 0 Å². The van der Waals surface area contributed by atoms with Crippen LogP contribution in [0.15, 0.2) is 12.2 Å². The molecule has 3 heteroatoms. The zero-order chi connectivity index (χ0) is 10.3. The number of allylic oxidation sites excluding steroid dienone is 1. The highest BCUT2D eigenvalue weighted by molar-refractivity contribution is 5.83. The lowest BCUT2D eigenvalue weighted by molar-refractivity contribution is -0.132. The largest absolute Gasteiger partial charge is 0.367 e. The van der Waals surface area contributed by atoms with Crippen LogP contribution in [0.25, 0.3) is 0 Å². The molecule has 1 saturated carbocycles. The van der Waals surface area contributed by atoms with Gasteiger partial charge in [-0.25, -0.2) is 4.39 Å². The predicted octanol–water partition coefficient (Wildman–Crippen LogP) is 1.95. The second-order valence-electron chi connectivity index (χ2n) is 4.49. The summed E-state index contributed by atoms with van der Waals surface area (Å²) >= 11 is 0. The number of hydrogen-bond acceptors (Lipinski definition) is 1. The number of carbonyl (C=O) groups is 1. The molecule has 0 bridgehead atoms. The van der Waals surface area contributed by atoms with Crippen molar-refractivity contribution in [3.8, 4) is 0 Å². The summed E-state index contributed by atoms with van der Waals surface area (Å²) in [5.41, 5.74) is 3.88. The van der Waals surface area contributed by atoms with Crippen LogP contribution in [0.2, 0.25) is 0 Å². The SMILES string of the molecule is C=C1CC[C@@](F)(C(N)=O)CC1(C)C. The monoisotopic (exact) mass is 185 g/mol. The van der Waals surface area contributed by atoms with Crippen LogP contribution in [0.1, 0.15) is 33.1 Å². The van der Waals surface area contributed by atoms with Gasteiger partial charge in [-0.05, 0) is 24.7 Å². The van der Waals surface area contributed by atoms with Crippen molar-refractivity contribution in [1.82, 2.24) is 0 Å². The van der Waals surface area contributed by atoms with E-state index >= 15 is 0 Å². The van der Waals surface area contributed by atoms with Gasteiger partial charge in [0, 0.05) is 0 Å². The minimum absolute atomic E-state index is 0.161. The molecule has 1 aliphatic carbocycles. The molecule has 0 aromatic carbocycles. The van der Waals surface area contributed by atoms with Gasteiger partial charge in [-0.2, -0.15) is 0 Å². The third kappa shape index (κ3) is 1.74. The Morgan fingerprint density at radius 3 is 2.54 bits per heavy atom. The van der Waals surface area contributed by atoms with E-state index in [9.17, 15) is 9.18 Å². The Morgan fingerprint density at radius 2 is 2.15 bits per heavy atom. The minimum Gasteiger partial charge on any atom is -0.367 e. The van der Waals surface area contributed by atoms with Crippen molar-refractivity contribution >= 4 is 5.91 Å². The van der Waals surface area contributed by atoms with Crippen LogP contribution in [0.4, 0.5) is 4.39 Å². The lowest BCUT2D eigenvalue weighted by Gasteiger charge is -2.39.